The molecule has 0 radical (unpaired) electrons. The maximum atomic E-state index is 12.3. The van der Waals surface area contributed by atoms with Gasteiger partial charge < -0.3 is 0 Å². The van der Waals surface area contributed by atoms with Crippen molar-refractivity contribution >= 4 is 57.3 Å². The van der Waals surface area contributed by atoms with Crippen LogP contribution in [0.2, 0.25) is 10.0 Å². The van der Waals surface area contributed by atoms with Gasteiger partial charge in [0.2, 0.25) is 5.13 Å². The first-order valence-corrected chi connectivity index (χ1v) is 9.85. The van der Waals surface area contributed by atoms with Crippen LogP contribution in [0.3, 0.4) is 0 Å². The number of aryl methyl sites for hydroxylation is 1. The minimum atomic E-state index is -0.296. The van der Waals surface area contributed by atoms with Gasteiger partial charge in [-0.25, -0.2) is 0 Å². The summed E-state index contributed by atoms with van der Waals surface area (Å²) in [4.78, 5) is 12.3. The molecular weight excluding hydrogens is 397 g/mol. The second-order valence-electron chi connectivity index (χ2n) is 5.23. The van der Waals surface area contributed by atoms with Crippen molar-refractivity contribution in [3.05, 3.63) is 69.2 Å². The first-order chi connectivity index (χ1) is 12.0. The minimum absolute atomic E-state index is 0.296. The van der Waals surface area contributed by atoms with Crippen LogP contribution in [0.5, 0.6) is 0 Å². The number of rotatable bonds is 5. The van der Waals surface area contributed by atoms with E-state index in [9.17, 15) is 4.79 Å². The van der Waals surface area contributed by atoms with Gasteiger partial charge in [0.15, 0.2) is 4.34 Å². The summed E-state index contributed by atoms with van der Waals surface area (Å²) < 4.78 is 0.778. The van der Waals surface area contributed by atoms with Crippen molar-refractivity contribution in [1.82, 2.24) is 10.2 Å². The molecule has 0 saturated carbocycles. The van der Waals surface area contributed by atoms with E-state index in [0.29, 0.717) is 20.7 Å². The number of halogens is 2. The number of benzene rings is 2. The van der Waals surface area contributed by atoms with E-state index < -0.39 is 0 Å². The van der Waals surface area contributed by atoms with Crippen molar-refractivity contribution in [3.63, 3.8) is 0 Å². The molecule has 128 valence electrons. The fraction of sp³-hybridized carbons (Fsp3) is 0.118. The number of hydrogen-bond acceptors (Lipinski definition) is 5. The predicted octanol–water partition coefficient (Wildman–Crippen LogP) is 5.70. The largest absolute Gasteiger partial charge is 0.296 e. The minimum Gasteiger partial charge on any atom is -0.296 e. The average Bonchev–Trinajstić information content (AvgIpc) is 3.01. The summed E-state index contributed by atoms with van der Waals surface area (Å²) in [6, 6.07) is 12.9. The molecule has 3 rings (SSSR count). The van der Waals surface area contributed by atoms with Gasteiger partial charge in [-0.15, -0.1) is 10.2 Å². The van der Waals surface area contributed by atoms with Gasteiger partial charge >= 0.3 is 0 Å². The van der Waals surface area contributed by atoms with Crippen LogP contribution in [0.25, 0.3) is 0 Å². The lowest BCUT2D eigenvalue weighted by molar-refractivity contribution is 0.102. The molecule has 0 saturated heterocycles. The molecule has 25 heavy (non-hydrogen) atoms. The van der Waals surface area contributed by atoms with Crippen molar-refractivity contribution in [1.29, 1.82) is 0 Å². The summed E-state index contributed by atoms with van der Waals surface area (Å²) in [5, 5.41) is 12.4. The summed E-state index contributed by atoms with van der Waals surface area (Å²) in [7, 11) is 0. The Kier molecular flexibility index (Phi) is 5.96. The summed E-state index contributed by atoms with van der Waals surface area (Å²) in [6.07, 6.45) is 0. The second-order valence-corrected chi connectivity index (χ2v) is 8.27. The van der Waals surface area contributed by atoms with Crippen LogP contribution in [-0.2, 0) is 5.75 Å². The average molecular weight is 410 g/mol. The molecular formula is C17H13Cl2N3OS2. The highest BCUT2D eigenvalue weighted by molar-refractivity contribution is 8.00. The van der Waals surface area contributed by atoms with Gasteiger partial charge in [-0.3, -0.25) is 10.1 Å². The van der Waals surface area contributed by atoms with Crippen LogP contribution in [0.15, 0.2) is 46.8 Å². The number of carbonyl (C=O) groups excluding carboxylic acids is 1. The Hall–Kier alpha value is -1.60. The maximum Gasteiger partial charge on any atom is 0.259 e. The SMILES string of the molecule is Cc1ccc(C(=O)Nc2nnc(SCc3ccc(Cl)cc3)s2)c(Cl)c1. The topological polar surface area (TPSA) is 54.9 Å². The molecule has 0 atom stereocenters. The lowest BCUT2D eigenvalue weighted by Gasteiger charge is -2.04. The number of amides is 1. The molecule has 1 aromatic heterocycles. The van der Waals surface area contributed by atoms with Gasteiger partial charge in [-0.05, 0) is 42.3 Å². The van der Waals surface area contributed by atoms with Gasteiger partial charge in [0, 0.05) is 10.8 Å². The lowest BCUT2D eigenvalue weighted by atomic mass is 10.1. The van der Waals surface area contributed by atoms with Crippen molar-refractivity contribution in [2.75, 3.05) is 5.32 Å². The normalized spacial score (nSPS) is 10.7. The van der Waals surface area contributed by atoms with Crippen molar-refractivity contribution < 1.29 is 4.79 Å². The number of nitrogens with one attached hydrogen (secondary N) is 1. The third-order valence-corrected chi connectivity index (χ3v) is 5.88. The van der Waals surface area contributed by atoms with Crippen LogP contribution >= 0.6 is 46.3 Å². The Bertz CT molecular complexity index is 897. The molecule has 0 aliphatic rings. The molecule has 0 bridgehead atoms. The molecule has 0 aliphatic carbocycles. The predicted molar refractivity (Wildman–Crippen MR) is 105 cm³/mol. The van der Waals surface area contributed by atoms with E-state index in [0.717, 1.165) is 21.2 Å². The van der Waals surface area contributed by atoms with Crippen molar-refractivity contribution in [3.8, 4) is 0 Å². The Morgan fingerprint density at radius 3 is 2.64 bits per heavy atom. The van der Waals surface area contributed by atoms with Gasteiger partial charge in [0.1, 0.15) is 0 Å². The standard InChI is InChI=1S/C17H13Cl2N3OS2/c1-10-2-7-13(14(19)8-10)15(23)20-16-21-22-17(25-16)24-9-11-3-5-12(18)6-4-11/h2-8H,9H2,1H3,(H,20,21,23). The number of anilines is 1. The molecule has 2 aromatic carbocycles. The lowest BCUT2D eigenvalue weighted by Crippen LogP contribution is -2.12. The highest BCUT2D eigenvalue weighted by Crippen LogP contribution is 2.29. The van der Waals surface area contributed by atoms with E-state index in [2.05, 4.69) is 15.5 Å². The maximum absolute atomic E-state index is 12.3. The van der Waals surface area contributed by atoms with Crippen molar-refractivity contribution in [2.45, 2.75) is 17.0 Å². The van der Waals surface area contributed by atoms with E-state index in [1.807, 2.05) is 37.3 Å². The molecule has 0 spiro atoms. The first kappa shape index (κ1) is 18.2. The zero-order valence-electron chi connectivity index (χ0n) is 13.1. The van der Waals surface area contributed by atoms with Crippen LogP contribution in [0.4, 0.5) is 5.13 Å². The quantitative estimate of drug-likeness (QED) is 0.433. The summed E-state index contributed by atoms with van der Waals surface area (Å²) in [5.74, 6) is 0.458. The number of thioether (sulfide) groups is 1. The molecule has 0 aliphatic heterocycles. The third-order valence-electron chi connectivity index (χ3n) is 3.27. The number of carbonyl (C=O) groups is 1. The van der Waals surface area contributed by atoms with Gasteiger partial charge in [0.25, 0.3) is 5.91 Å². The van der Waals surface area contributed by atoms with Gasteiger partial charge in [-0.1, -0.05) is 64.5 Å². The molecule has 0 unspecified atom stereocenters. The fourth-order valence-corrected chi connectivity index (χ4v) is 4.16. The van der Waals surface area contributed by atoms with Crippen molar-refractivity contribution in [2.24, 2.45) is 0 Å². The third kappa shape index (κ3) is 4.95. The van der Waals surface area contributed by atoms with E-state index in [1.165, 1.54) is 11.3 Å². The van der Waals surface area contributed by atoms with Gasteiger partial charge in [-0.2, -0.15) is 0 Å². The van der Waals surface area contributed by atoms with Crippen LogP contribution in [0, 0.1) is 6.92 Å². The van der Waals surface area contributed by atoms with E-state index in [4.69, 9.17) is 23.2 Å². The van der Waals surface area contributed by atoms with Crippen LogP contribution in [-0.4, -0.2) is 16.1 Å². The van der Waals surface area contributed by atoms with Crippen LogP contribution < -0.4 is 5.32 Å². The second kappa shape index (κ2) is 8.19. The number of nitrogens with zero attached hydrogens (tertiary/aromatic N) is 2. The summed E-state index contributed by atoms with van der Waals surface area (Å²) in [5.41, 5.74) is 2.55. The number of hydrogen-bond donors (Lipinski definition) is 1. The van der Waals surface area contributed by atoms with E-state index in [-0.39, 0.29) is 5.91 Å². The monoisotopic (exact) mass is 409 g/mol. The van der Waals surface area contributed by atoms with E-state index in [1.54, 1.807) is 23.9 Å². The highest BCUT2D eigenvalue weighted by Gasteiger charge is 2.13. The van der Waals surface area contributed by atoms with Crippen LogP contribution in [0.1, 0.15) is 21.5 Å². The Balaban J connectivity index is 1.61. The highest BCUT2D eigenvalue weighted by atomic mass is 35.5. The summed E-state index contributed by atoms with van der Waals surface area (Å²) in [6.45, 7) is 1.92. The molecule has 4 nitrogen and oxygen atoms in total. The molecule has 3 aromatic rings. The first-order valence-electron chi connectivity index (χ1n) is 7.29. The fourth-order valence-electron chi connectivity index (χ4n) is 2.01. The van der Waals surface area contributed by atoms with Gasteiger partial charge in [0.05, 0.1) is 10.6 Å². The molecule has 0 fully saturated rings. The Labute approximate surface area is 163 Å². The molecule has 1 heterocycles. The number of aromatic nitrogens is 2. The molecule has 1 N–H and O–H groups in total. The molecule has 1 amide bonds. The summed E-state index contributed by atoms with van der Waals surface area (Å²) >= 11 is 14.9. The van der Waals surface area contributed by atoms with E-state index >= 15 is 0 Å². The Morgan fingerprint density at radius 1 is 1.16 bits per heavy atom. The zero-order chi connectivity index (χ0) is 17.8. The smallest absolute Gasteiger partial charge is 0.259 e. The Morgan fingerprint density at radius 2 is 1.92 bits per heavy atom. The zero-order valence-corrected chi connectivity index (χ0v) is 16.3. The molecule has 8 heteroatoms.